The number of primary amides is 3. The third-order valence-corrected chi connectivity index (χ3v) is 19.6. The van der Waals surface area contributed by atoms with E-state index in [9.17, 15) is 74.4 Å². The van der Waals surface area contributed by atoms with Gasteiger partial charge in [-0.1, -0.05) is 6.92 Å². The van der Waals surface area contributed by atoms with Crippen LogP contribution >= 0.6 is 22.7 Å². The molecule has 0 bridgehead atoms. The maximum absolute atomic E-state index is 15.3. The summed E-state index contributed by atoms with van der Waals surface area (Å²) in [5.74, 6) is -8.13. The van der Waals surface area contributed by atoms with E-state index in [1.54, 1.807) is 10.8 Å². The Bertz CT molecular complexity index is 3880. The summed E-state index contributed by atoms with van der Waals surface area (Å²) in [6, 6.07) is -7.93. The Kier molecular flexibility index (Phi) is 37.5. The summed E-state index contributed by atoms with van der Waals surface area (Å²) in [5.41, 5.74) is 50.6. The lowest BCUT2D eigenvalue weighted by atomic mass is 9.96. The first-order valence-electron chi connectivity index (χ1n) is 36.2. The van der Waals surface area contributed by atoms with E-state index >= 15 is 4.79 Å². The number of imidazole rings is 1. The molecule has 4 aromatic heterocycles. The number of carbonyl (C=O) groups is 8. The van der Waals surface area contributed by atoms with Crippen LogP contribution in [0, 0.1) is 12.8 Å². The van der Waals surface area contributed by atoms with Gasteiger partial charge in [-0.05, 0) is 59.3 Å². The molecule has 35 N–H and O–H groups in total. The highest BCUT2D eigenvalue weighted by Gasteiger charge is 2.54. The Hall–Kier alpha value is -9.84. The molecule has 2 fully saturated rings. The van der Waals surface area contributed by atoms with Crippen molar-refractivity contribution < 1.29 is 103 Å². The van der Waals surface area contributed by atoms with Gasteiger partial charge in [0.2, 0.25) is 29.5 Å². The predicted octanol–water partition coefficient (Wildman–Crippen LogP) is -9.55. The zero-order chi connectivity index (χ0) is 84.0. The number of carbonyl (C=O) groups excluding carboxylic acids is 8. The van der Waals surface area contributed by atoms with Gasteiger partial charge in [0.25, 0.3) is 11.8 Å². The molecule has 0 spiro atoms. The summed E-state index contributed by atoms with van der Waals surface area (Å²) < 4.78 is 28.8. The number of nitrogens with one attached hydrogen (secondary N) is 9. The van der Waals surface area contributed by atoms with Crippen molar-refractivity contribution in [2.75, 3.05) is 71.3 Å². The number of ether oxygens (including phenoxy) is 5. The fraction of sp³-hybridized carbons (Fsp3) is 0.631. The standard InChI is InChI=1S/C65H106N26O21S2/c1-27-40(88-53(91-51(27)68)32(19-38(67)95)83-20-31(66)52(69)101)57(105)90-42(48(33-21-75-26-84-33)110-61-50(46(99)44(97)36(22-92)109-61)111-60-47(100)49(112-65(74)107)45(98)37(23-93)108-60)58(106)85-29(3)43(96)28(2)54(102)89-41(30(4)94)56(104)77-18-11-39-86-35(25-113-39)59-87-34(24-114-59)55(103)76-12-5-7-14-79-63(72)81-16-9-10-17-82-64(73)80-15-8-6-13-78-62(70)71/h21,24-26,28-32,36-37,41-50,60-61,83,92-94,96-100H,5-20,22-23,66H2,1-4H3,(H2,67,95)(H2,69,101)(H2,74,107)(H,75,84)(H,76,103)(H,77,104)(H,85,106)(H,89,102)(H,90,105)(H2,68,88,91)(H4,70,71,78)(H3,72,79,81)(H3,73,80,82)/t28-,29?,30-,31+,32?,36-,37+,41-,42-,43-,44+,45+,46-,47-,48+,49-,50-,60+,61?/m1/s1. The van der Waals surface area contributed by atoms with Crippen molar-refractivity contribution in [3.05, 3.63) is 56.8 Å². The fourth-order valence-electron chi connectivity index (χ4n) is 11.3. The lowest BCUT2D eigenvalue weighted by Crippen LogP contribution is -2.65. The number of aromatic amines is 1. The van der Waals surface area contributed by atoms with E-state index in [1.165, 1.54) is 50.4 Å². The Morgan fingerprint density at radius 2 is 1.29 bits per heavy atom. The molecule has 8 amide bonds. The smallest absolute Gasteiger partial charge is 0.404 e. The Balaban J connectivity index is 1.10. The number of thiazole rings is 2. The molecule has 6 rings (SSSR count). The van der Waals surface area contributed by atoms with Crippen LogP contribution in [0.3, 0.4) is 0 Å². The van der Waals surface area contributed by atoms with Crippen molar-refractivity contribution in [2.45, 2.75) is 189 Å². The third kappa shape index (κ3) is 28.0. The molecule has 4 aromatic rings. The number of unbranched alkanes of at least 4 members (excludes halogenated alkanes) is 3. The molecule has 6 heterocycles. The van der Waals surface area contributed by atoms with Gasteiger partial charge in [0.15, 0.2) is 36.6 Å². The van der Waals surface area contributed by atoms with Crippen LogP contribution in [-0.2, 0) is 54.1 Å². The Morgan fingerprint density at radius 3 is 1.89 bits per heavy atom. The molecule has 634 valence electrons. The van der Waals surface area contributed by atoms with Gasteiger partial charge in [-0.15, -0.1) is 22.7 Å². The van der Waals surface area contributed by atoms with Gasteiger partial charge in [-0.25, -0.2) is 29.7 Å². The minimum absolute atomic E-state index is 0.0374. The molecule has 0 radical (unpaired) electrons. The van der Waals surface area contributed by atoms with Crippen LogP contribution in [-0.4, -0.2) is 299 Å². The number of aliphatic hydroxyl groups excluding tert-OH is 8. The highest BCUT2D eigenvalue weighted by Crippen LogP contribution is 2.35. The first-order chi connectivity index (χ1) is 54.1. The van der Waals surface area contributed by atoms with Crippen molar-refractivity contribution in [2.24, 2.45) is 66.8 Å². The van der Waals surface area contributed by atoms with Crippen LogP contribution in [0.25, 0.3) is 10.7 Å². The molecule has 19 atom stereocenters. The molecule has 0 aromatic carbocycles. The number of hydrogen-bond donors (Lipinski definition) is 26. The maximum Gasteiger partial charge on any atom is 0.404 e. The summed E-state index contributed by atoms with van der Waals surface area (Å²) in [7, 11) is 0. The third-order valence-electron chi connectivity index (χ3n) is 17.8. The topological polar surface area (TPSA) is 792 Å². The minimum atomic E-state index is -2.21. The van der Waals surface area contributed by atoms with Crippen LogP contribution in [0.5, 0.6) is 0 Å². The molecule has 47 nitrogen and oxygen atoms in total. The molecule has 49 heteroatoms. The van der Waals surface area contributed by atoms with E-state index in [4.69, 9.17) is 75.3 Å². The number of aliphatic imine (C=N–C) groups is 3. The average Bonchev–Trinajstić information content (AvgIpc) is 0.856. The molecule has 2 aliphatic rings. The number of nitrogens with two attached hydrogens (primary N) is 9. The second kappa shape index (κ2) is 45.9. The van der Waals surface area contributed by atoms with Crippen LogP contribution in [0.15, 0.2) is 38.3 Å². The highest BCUT2D eigenvalue weighted by molar-refractivity contribution is 7.14. The van der Waals surface area contributed by atoms with Gasteiger partial charge in [-0.2, -0.15) is 0 Å². The van der Waals surface area contributed by atoms with Gasteiger partial charge in [0.05, 0.1) is 72.7 Å². The van der Waals surface area contributed by atoms with Crippen molar-refractivity contribution in [3.8, 4) is 10.7 Å². The van der Waals surface area contributed by atoms with E-state index < -0.39 is 183 Å². The fourth-order valence-corrected chi connectivity index (χ4v) is 12.9. The second-order valence-corrected chi connectivity index (χ2v) is 28.4. The Labute approximate surface area is 661 Å². The second-order valence-electron chi connectivity index (χ2n) is 26.6. The van der Waals surface area contributed by atoms with Gasteiger partial charge in [-0.3, -0.25) is 48.5 Å². The molecule has 0 saturated carbocycles. The first-order valence-corrected chi connectivity index (χ1v) is 38.0. The van der Waals surface area contributed by atoms with Crippen LogP contribution in [0.4, 0.5) is 10.6 Å². The van der Waals surface area contributed by atoms with Crippen LogP contribution in [0.2, 0.25) is 0 Å². The number of guanidine groups is 3. The number of nitrogen functional groups attached to an aromatic ring is 1. The normalized spacial score (nSPS) is 22.2. The Morgan fingerprint density at radius 1 is 0.667 bits per heavy atom. The number of amides is 8. The number of anilines is 1. The van der Waals surface area contributed by atoms with Gasteiger partial charge in [0.1, 0.15) is 94.6 Å². The van der Waals surface area contributed by atoms with Crippen molar-refractivity contribution in [3.63, 3.8) is 0 Å². The van der Waals surface area contributed by atoms with Gasteiger partial charge in [0, 0.05) is 81.5 Å². The largest absolute Gasteiger partial charge is 0.441 e. The zero-order valence-corrected chi connectivity index (χ0v) is 64.6. The zero-order valence-electron chi connectivity index (χ0n) is 63.0. The summed E-state index contributed by atoms with van der Waals surface area (Å²) in [6.45, 7) is 5.74. The van der Waals surface area contributed by atoms with Crippen LogP contribution < -0.4 is 94.1 Å². The van der Waals surface area contributed by atoms with E-state index in [0.29, 0.717) is 79.7 Å². The number of nitrogens with zero attached hydrogens (tertiary/aromatic N) is 8. The number of aliphatic hydroxyl groups is 8. The monoisotopic (exact) mass is 1650 g/mol. The quantitative estimate of drug-likeness (QED) is 0.0111. The molecule has 2 saturated heterocycles. The van der Waals surface area contributed by atoms with E-state index in [1.807, 2.05) is 0 Å². The maximum atomic E-state index is 15.3. The number of rotatable bonds is 46. The summed E-state index contributed by atoms with van der Waals surface area (Å²) in [6.07, 6.45) is -20.8. The first kappa shape index (κ1) is 93.0. The highest BCUT2D eigenvalue weighted by atomic mass is 32.1. The molecule has 0 aliphatic carbocycles. The van der Waals surface area contributed by atoms with Gasteiger partial charge >= 0.3 is 6.09 Å². The molecule has 2 aliphatic heterocycles. The SMILES string of the molecule is Cc1c(N)nc(C(CC(N)=O)NC[C@H](N)C(N)=O)nc1C(=O)N[C@@H](C(=O)NC(C)[C@H](O)[C@@H](C)C(=O)N[C@@H](C(=O)NCCc1nc(-c2nc(C(=O)NCCCCNC(N)=NCCCCNC(N)=NCCCCN=C(N)N)cs2)cs1)[C@@H](C)O)[C@@H](OC1O[C@H](CO)[C@H](O)[C@@H](O)[C@H]1O[C@@H]1O[C@@H](CO)[C@H](O)[C@@H](OC(N)=O)[C@H]1O)c1cnc[nH]1. The van der Waals surface area contributed by atoms with Crippen LogP contribution in [0.1, 0.15) is 121 Å². The van der Waals surface area contributed by atoms with Crippen molar-refractivity contribution >= 4 is 93.8 Å². The predicted molar refractivity (Wildman–Crippen MR) is 407 cm³/mol. The summed E-state index contributed by atoms with van der Waals surface area (Å²) in [4.78, 5) is 144. The molecule has 3 unspecified atom stereocenters. The molecule has 114 heavy (non-hydrogen) atoms. The number of aromatic nitrogens is 6. The van der Waals surface area contributed by atoms with Crippen molar-refractivity contribution in [1.82, 2.24) is 72.4 Å². The number of hydrogen-bond acceptors (Lipinski definition) is 34. The van der Waals surface area contributed by atoms with E-state index in [2.05, 4.69) is 87.4 Å². The summed E-state index contributed by atoms with van der Waals surface area (Å²) in [5, 5.41) is 115. The molecular weight excluding hydrogens is 1550 g/mol. The average molecular weight is 1650 g/mol. The summed E-state index contributed by atoms with van der Waals surface area (Å²) >= 11 is 2.46. The molecular formula is C65H106N26O21S2. The lowest BCUT2D eigenvalue weighted by Gasteiger charge is -2.47. The van der Waals surface area contributed by atoms with Crippen molar-refractivity contribution in [1.29, 1.82) is 0 Å². The number of H-pyrrole nitrogens is 1. The minimum Gasteiger partial charge on any atom is -0.441 e. The van der Waals surface area contributed by atoms with E-state index in [-0.39, 0.29) is 60.0 Å². The van der Waals surface area contributed by atoms with E-state index in [0.717, 1.165) is 38.2 Å². The van der Waals surface area contributed by atoms with Gasteiger partial charge < -0.3 is 164 Å². The lowest BCUT2D eigenvalue weighted by molar-refractivity contribution is -0.372.